The average Bonchev–Trinajstić information content (AvgIpc) is 3.30. The van der Waals surface area contributed by atoms with Crippen molar-refractivity contribution in [2.75, 3.05) is 11.1 Å². The van der Waals surface area contributed by atoms with Crippen LogP contribution in [-0.2, 0) is 0 Å². The lowest BCUT2D eigenvalue weighted by atomic mass is 10.1. The number of imidazole rings is 1. The number of benzene rings is 2. The first-order valence-corrected chi connectivity index (χ1v) is 12.0. The molecule has 0 saturated heterocycles. The summed E-state index contributed by atoms with van der Waals surface area (Å²) < 4.78 is 26.7. The van der Waals surface area contributed by atoms with Crippen molar-refractivity contribution in [3.8, 4) is 11.3 Å². The van der Waals surface area contributed by atoms with Gasteiger partial charge in [0.15, 0.2) is 16.6 Å². The summed E-state index contributed by atoms with van der Waals surface area (Å²) in [7, 11) is 0. The van der Waals surface area contributed by atoms with E-state index in [1.165, 1.54) is 36.4 Å². The molecule has 7 nitrogen and oxygen atoms in total. The molecule has 2 N–H and O–H groups in total. The van der Waals surface area contributed by atoms with E-state index in [2.05, 4.69) is 36.2 Å². The predicted octanol–water partition coefficient (Wildman–Crippen LogP) is 6.30. The minimum atomic E-state index is -0.323. The molecule has 0 aliphatic rings. The molecule has 0 spiro atoms. The maximum atomic E-state index is 12.8. The Morgan fingerprint density at radius 3 is 2.03 bits per heavy atom. The number of aromatic nitrogens is 5. The summed E-state index contributed by atoms with van der Waals surface area (Å²) in [6, 6.07) is 18.3. The van der Waals surface area contributed by atoms with Crippen LogP contribution in [0, 0.1) is 11.6 Å². The van der Waals surface area contributed by atoms with Gasteiger partial charge in [-0.05, 0) is 72.8 Å². The Hall–Kier alpha value is -3.47. The second-order valence-electron chi connectivity index (χ2n) is 6.94. The maximum absolute atomic E-state index is 12.8. The number of hydrogen-bond donors (Lipinski definition) is 1. The van der Waals surface area contributed by atoms with Gasteiger partial charge in [-0.1, -0.05) is 39.1 Å². The number of Topliss-reactive ketones (excluding diaryl/α,β-unsaturated/α-hetero) is 1. The van der Waals surface area contributed by atoms with Crippen molar-refractivity contribution >= 4 is 56.4 Å². The second kappa shape index (κ2) is 13.0. The first kappa shape index (κ1) is 27.1. The molecule has 0 unspecified atom stereocenters. The number of nitrogens with zero attached hydrogens (tertiary/aromatic N) is 5. The lowest BCUT2D eigenvalue weighted by Crippen LogP contribution is -1.98. The SMILES string of the molecule is Fc1ccc(-c2cn3nc(Cl)ccc3n2)cc1.Nc1ccc(Cl)nn1.O=C(CBr)c1ccc(F)cc1. The molecular weight excluding hydrogens is 577 g/mol. The fourth-order valence-electron chi connectivity index (χ4n) is 2.66. The predicted molar refractivity (Wildman–Crippen MR) is 139 cm³/mol. The van der Waals surface area contributed by atoms with Crippen LogP contribution in [0.15, 0.2) is 79.0 Å². The molecule has 0 saturated carbocycles. The number of anilines is 1. The molecule has 2 aromatic carbocycles. The number of halogens is 5. The molecular formula is C24H17BrCl2F2N6O. The molecule has 12 heteroatoms. The summed E-state index contributed by atoms with van der Waals surface area (Å²) in [5, 5.41) is 12.1. The van der Waals surface area contributed by atoms with Gasteiger partial charge in [0, 0.05) is 11.1 Å². The Morgan fingerprint density at radius 2 is 1.47 bits per heavy atom. The lowest BCUT2D eigenvalue weighted by Gasteiger charge is -1.94. The number of hydrogen-bond acceptors (Lipinski definition) is 6. The van der Waals surface area contributed by atoms with Gasteiger partial charge in [-0.2, -0.15) is 5.10 Å². The first-order valence-electron chi connectivity index (χ1n) is 10.1. The van der Waals surface area contributed by atoms with Crippen LogP contribution in [0.3, 0.4) is 0 Å². The lowest BCUT2D eigenvalue weighted by molar-refractivity contribution is 0.102. The third kappa shape index (κ3) is 8.04. The number of nitrogen functional groups attached to an aromatic ring is 1. The molecule has 0 fully saturated rings. The van der Waals surface area contributed by atoms with Crippen LogP contribution in [0.5, 0.6) is 0 Å². The molecule has 0 aliphatic heterocycles. The molecule has 0 bridgehead atoms. The Labute approximate surface area is 223 Å². The van der Waals surface area contributed by atoms with Gasteiger partial charge in [-0.3, -0.25) is 4.79 Å². The van der Waals surface area contributed by atoms with Crippen molar-refractivity contribution in [3.05, 3.63) is 106 Å². The smallest absolute Gasteiger partial charge is 0.173 e. The highest BCUT2D eigenvalue weighted by Gasteiger charge is 2.05. The topological polar surface area (TPSA) is 99.1 Å². The van der Waals surface area contributed by atoms with Gasteiger partial charge < -0.3 is 5.73 Å². The van der Waals surface area contributed by atoms with Crippen molar-refractivity contribution < 1.29 is 13.6 Å². The van der Waals surface area contributed by atoms with Crippen LogP contribution < -0.4 is 5.73 Å². The van der Waals surface area contributed by atoms with Gasteiger partial charge in [0.2, 0.25) is 0 Å². The third-order valence-corrected chi connectivity index (χ3v) is 5.28. The van der Waals surface area contributed by atoms with Gasteiger partial charge >= 0.3 is 0 Å². The highest BCUT2D eigenvalue weighted by Crippen LogP contribution is 2.19. The molecule has 0 aliphatic carbocycles. The number of nitrogens with two attached hydrogens (primary N) is 1. The standard InChI is InChI=1S/C12H7ClFN3.C8H6BrFO.C4H4ClN3/c13-11-5-6-12-15-10(7-17(12)16-11)8-1-3-9(14)4-2-8;9-5-8(11)6-1-3-7(10)4-2-6;5-3-1-2-4(6)8-7-3/h1-7H;1-4H,5H2;1-2H,(H2,6,8). The maximum Gasteiger partial charge on any atom is 0.173 e. The molecule has 0 atom stereocenters. The van der Waals surface area contributed by atoms with Gasteiger partial charge in [-0.15, -0.1) is 10.2 Å². The summed E-state index contributed by atoms with van der Waals surface area (Å²) in [5.74, 6) is -0.241. The van der Waals surface area contributed by atoms with E-state index < -0.39 is 0 Å². The Bertz CT molecular complexity index is 1410. The minimum absolute atomic E-state index is 0.0370. The fraction of sp³-hybridized carbons (Fsp3) is 0.0417. The van der Waals surface area contributed by atoms with E-state index in [0.717, 1.165) is 11.3 Å². The number of carbonyl (C=O) groups excluding carboxylic acids is 1. The van der Waals surface area contributed by atoms with E-state index in [9.17, 15) is 13.6 Å². The summed E-state index contributed by atoms with van der Waals surface area (Å²) in [5.41, 5.74) is 8.00. The third-order valence-electron chi connectivity index (χ3n) is 4.37. The van der Waals surface area contributed by atoms with Crippen molar-refractivity contribution in [2.45, 2.75) is 0 Å². The molecule has 0 amide bonds. The van der Waals surface area contributed by atoms with E-state index in [1.807, 2.05) is 0 Å². The normalized spacial score (nSPS) is 10.1. The monoisotopic (exact) mass is 592 g/mol. The fourth-order valence-corrected chi connectivity index (χ4v) is 3.23. The molecule has 3 aromatic heterocycles. The quantitative estimate of drug-likeness (QED) is 0.194. The van der Waals surface area contributed by atoms with Crippen LogP contribution in [0.1, 0.15) is 10.4 Å². The van der Waals surface area contributed by atoms with Crippen LogP contribution in [0.25, 0.3) is 16.9 Å². The van der Waals surface area contributed by atoms with E-state index in [0.29, 0.717) is 27.3 Å². The number of carbonyl (C=O) groups is 1. The number of alkyl halides is 1. The van der Waals surface area contributed by atoms with Crippen LogP contribution in [0.4, 0.5) is 14.6 Å². The van der Waals surface area contributed by atoms with E-state index in [1.54, 1.807) is 47.1 Å². The number of rotatable bonds is 3. The zero-order valence-electron chi connectivity index (χ0n) is 18.3. The summed E-state index contributed by atoms with van der Waals surface area (Å²) in [4.78, 5) is 15.3. The average molecular weight is 594 g/mol. The van der Waals surface area contributed by atoms with Crippen LogP contribution in [0.2, 0.25) is 10.3 Å². The Kier molecular flexibility index (Phi) is 9.80. The van der Waals surface area contributed by atoms with Crippen molar-refractivity contribution in [3.63, 3.8) is 0 Å². The van der Waals surface area contributed by atoms with Crippen LogP contribution in [-0.4, -0.2) is 35.9 Å². The largest absolute Gasteiger partial charge is 0.382 e. The van der Waals surface area contributed by atoms with E-state index in [4.69, 9.17) is 28.9 Å². The molecule has 5 aromatic rings. The van der Waals surface area contributed by atoms with Gasteiger partial charge in [0.1, 0.15) is 22.6 Å². The van der Waals surface area contributed by atoms with Crippen LogP contribution >= 0.6 is 39.1 Å². The van der Waals surface area contributed by atoms with Gasteiger partial charge in [0.05, 0.1) is 17.2 Å². The highest BCUT2D eigenvalue weighted by molar-refractivity contribution is 9.09. The zero-order chi connectivity index (χ0) is 26.1. The Balaban J connectivity index is 0.000000164. The zero-order valence-corrected chi connectivity index (χ0v) is 21.4. The molecule has 3 heterocycles. The van der Waals surface area contributed by atoms with Gasteiger partial charge in [0.25, 0.3) is 0 Å². The molecule has 0 radical (unpaired) electrons. The summed E-state index contributed by atoms with van der Waals surface area (Å²) in [6.45, 7) is 0. The van der Waals surface area contributed by atoms with Crippen molar-refractivity contribution in [1.29, 1.82) is 0 Å². The Morgan fingerprint density at radius 1 is 0.861 bits per heavy atom. The van der Waals surface area contributed by atoms with Crippen molar-refractivity contribution in [2.24, 2.45) is 0 Å². The molecule has 36 heavy (non-hydrogen) atoms. The first-order chi connectivity index (χ1) is 17.2. The number of ketones is 1. The number of fused-ring (bicyclic) bond motifs is 1. The molecule has 5 rings (SSSR count). The second-order valence-corrected chi connectivity index (χ2v) is 8.27. The van der Waals surface area contributed by atoms with E-state index in [-0.39, 0.29) is 22.7 Å². The van der Waals surface area contributed by atoms with E-state index >= 15 is 0 Å². The summed E-state index contributed by atoms with van der Waals surface area (Å²) >= 11 is 14.2. The van der Waals surface area contributed by atoms with Crippen molar-refractivity contribution in [1.82, 2.24) is 24.8 Å². The molecule has 184 valence electrons. The van der Waals surface area contributed by atoms with Gasteiger partial charge in [-0.25, -0.2) is 18.3 Å². The highest BCUT2D eigenvalue weighted by atomic mass is 79.9. The minimum Gasteiger partial charge on any atom is -0.382 e. The summed E-state index contributed by atoms with van der Waals surface area (Å²) in [6.07, 6.45) is 1.76.